The monoisotopic (exact) mass is 581 g/mol. The highest BCUT2D eigenvalue weighted by Crippen LogP contribution is 2.32. The third-order valence-corrected chi connectivity index (χ3v) is 7.51. The minimum absolute atomic E-state index is 0.0845. The van der Waals surface area contributed by atoms with Gasteiger partial charge in [-0.3, -0.25) is 9.59 Å². The number of carbonyl (C=O) groups is 2. The fraction of sp³-hybridized carbons (Fsp3) is 0.548. The maximum atomic E-state index is 13.9. The van der Waals surface area contributed by atoms with Crippen LogP contribution in [-0.4, -0.2) is 70.1 Å². The number of likely N-dealkylation sites (tertiary alicyclic amines) is 1. The Morgan fingerprint density at radius 2 is 1.83 bits per heavy atom. The van der Waals surface area contributed by atoms with Crippen molar-refractivity contribution in [2.24, 2.45) is 5.92 Å². The highest BCUT2D eigenvalue weighted by Gasteiger charge is 2.40. The predicted octanol–water partition coefficient (Wildman–Crippen LogP) is 4.55. The first-order valence-electron chi connectivity index (χ1n) is 14.8. The molecule has 0 radical (unpaired) electrons. The molecule has 2 amide bonds. The number of carbonyl (C=O) groups excluding carboxylic acids is 2. The van der Waals surface area contributed by atoms with Gasteiger partial charge in [0.25, 0.3) is 5.88 Å². The molecule has 3 heterocycles. The summed E-state index contributed by atoms with van der Waals surface area (Å²) in [6.07, 6.45) is 4.52. The summed E-state index contributed by atoms with van der Waals surface area (Å²) in [5.74, 6) is 0.562. The fourth-order valence-corrected chi connectivity index (χ4v) is 5.34. The van der Waals surface area contributed by atoms with Gasteiger partial charge in [-0.1, -0.05) is 26.0 Å². The van der Waals surface area contributed by atoms with Crippen LogP contribution in [-0.2, 0) is 19.1 Å². The average Bonchev–Trinajstić information content (AvgIpc) is 3.73. The van der Waals surface area contributed by atoms with Crippen molar-refractivity contribution in [1.29, 1.82) is 0 Å². The molecule has 1 N–H and O–H groups in total. The minimum Gasteiger partial charge on any atom is -0.470 e. The molecule has 3 atom stereocenters. The summed E-state index contributed by atoms with van der Waals surface area (Å²) in [4.78, 5) is 33.2. The van der Waals surface area contributed by atoms with Gasteiger partial charge in [0, 0.05) is 43.9 Å². The molecule has 0 unspecified atom stereocenters. The number of aromatic nitrogens is 3. The molecular formula is C31H43N5O6. The SMILES string of the molecule is CCOC(COc1cc([C@@H](C(=O)N2CCC[C@H]2C(=O)N[C@@H](C)c2ccc(-n3ccnc3C)cc2)C(C)C)on1)OCC. The van der Waals surface area contributed by atoms with E-state index < -0.39 is 18.2 Å². The largest absolute Gasteiger partial charge is 0.470 e. The number of rotatable bonds is 14. The summed E-state index contributed by atoms with van der Waals surface area (Å²) in [6.45, 7) is 13.2. The third kappa shape index (κ3) is 7.38. The molecule has 0 spiro atoms. The first kappa shape index (κ1) is 31.2. The highest BCUT2D eigenvalue weighted by atomic mass is 16.7. The van der Waals surface area contributed by atoms with Crippen LogP contribution in [0, 0.1) is 12.8 Å². The summed E-state index contributed by atoms with van der Waals surface area (Å²) in [6, 6.07) is 8.88. The third-order valence-electron chi connectivity index (χ3n) is 7.51. The van der Waals surface area contributed by atoms with Crippen molar-refractivity contribution < 1.29 is 28.3 Å². The molecule has 4 rings (SSSR count). The second kappa shape index (κ2) is 14.5. The standard InChI is InChI=1S/C31H43N5O6/c1-7-39-28(40-8-2)19-41-27-18-26(42-34-27)29(20(3)4)31(38)36-16-9-10-25(36)30(37)33-21(5)23-11-13-24(14-12-23)35-17-15-32-22(35)6/h11-15,17-18,20-21,25,28-29H,7-10,16,19H2,1-6H3,(H,33,37)/t21-,25-,29-/m0/s1. The van der Waals surface area contributed by atoms with Gasteiger partial charge in [-0.2, -0.15) is 0 Å². The van der Waals surface area contributed by atoms with Gasteiger partial charge in [-0.25, -0.2) is 4.98 Å². The van der Waals surface area contributed by atoms with Gasteiger partial charge in [0.1, 0.15) is 24.4 Å². The van der Waals surface area contributed by atoms with E-state index in [0.29, 0.717) is 31.9 Å². The quantitative estimate of drug-likeness (QED) is 0.275. The van der Waals surface area contributed by atoms with E-state index in [1.807, 2.05) is 76.6 Å². The number of hydrogen-bond acceptors (Lipinski definition) is 8. The van der Waals surface area contributed by atoms with E-state index in [1.165, 1.54) is 0 Å². The van der Waals surface area contributed by atoms with Gasteiger partial charge in [0.2, 0.25) is 11.8 Å². The molecule has 0 aliphatic carbocycles. The Morgan fingerprint density at radius 3 is 2.45 bits per heavy atom. The summed E-state index contributed by atoms with van der Waals surface area (Å²) >= 11 is 0. The van der Waals surface area contributed by atoms with Crippen LogP contribution >= 0.6 is 0 Å². The van der Waals surface area contributed by atoms with Crippen molar-refractivity contribution in [2.75, 3.05) is 26.4 Å². The Kier molecular flexibility index (Phi) is 10.8. The van der Waals surface area contributed by atoms with Gasteiger partial charge in [-0.05, 0) is 69.3 Å². The summed E-state index contributed by atoms with van der Waals surface area (Å²) < 4.78 is 24.3. The normalized spacial score (nSPS) is 16.7. The lowest BCUT2D eigenvalue weighted by molar-refractivity contribution is -0.153. The van der Waals surface area contributed by atoms with E-state index in [9.17, 15) is 9.59 Å². The van der Waals surface area contributed by atoms with E-state index >= 15 is 0 Å². The number of benzene rings is 1. The lowest BCUT2D eigenvalue weighted by atomic mass is 9.91. The van der Waals surface area contributed by atoms with E-state index in [4.69, 9.17) is 18.7 Å². The van der Waals surface area contributed by atoms with Gasteiger partial charge in [-0.15, -0.1) is 0 Å². The second-order valence-electron chi connectivity index (χ2n) is 10.8. The maximum Gasteiger partial charge on any atom is 0.254 e. The Balaban J connectivity index is 1.40. The molecule has 2 aromatic heterocycles. The van der Waals surface area contributed by atoms with E-state index in [-0.39, 0.29) is 36.3 Å². The number of nitrogens with zero attached hydrogens (tertiary/aromatic N) is 4. The van der Waals surface area contributed by atoms with E-state index in [0.717, 1.165) is 23.5 Å². The Labute approximate surface area is 247 Å². The number of imidazole rings is 1. The maximum absolute atomic E-state index is 13.9. The molecule has 1 aliphatic rings. The predicted molar refractivity (Wildman–Crippen MR) is 156 cm³/mol. The first-order chi connectivity index (χ1) is 20.2. The summed E-state index contributed by atoms with van der Waals surface area (Å²) in [7, 11) is 0. The number of hydrogen-bond donors (Lipinski definition) is 1. The molecule has 0 bridgehead atoms. The Bertz CT molecular complexity index is 1300. The van der Waals surface area contributed by atoms with Crippen molar-refractivity contribution in [3.8, 4) is 11.6 Å². The van der Waals surface area contributed by atoms with Crippen molar-refractivity contribution >= 4 is 11.8 Å². The van der Waals surface area contributed by atoms with Gasteiger partial charge in [0.05, 0.1) is 6.04 Å². The van der Waals surface area contributed by atoms with Crippen molar-refractivity contribution in [3.05, 3.63) is 59.9 Å². The molecule has 0 saturated carbocycles. The van der Waals surface area contributed by atoms with Crippen molar-refractivity contribution in [3.63, 3.8) is 0 Å². The van der Waals surface area contributed by atoms with Crippen LogP contribution in [0.4, 0.5) is 0 Å². The average molecular weight is 582 g/mol. The zero-order valence-electron chi connectivity index (χ0n) is 25.4. The van der Waals surface area contributed by atoms with Crippen LogP contribution in [0.5, 0.6) is 5.88 Å². The molecule has 1 aromatic carbocycles. The van der Waals surface area contributed by atoms with Crippen LogP contribution in [0.1, 0.15) is 76.6 Å². The molecular weight excluding hydrogens is 538 g/mol. The molecule has 1 saturated heterocycles. The summed E-state index contributed by atoms with van der Waals surface area (Å²) in [5, 5.41) is 7.13. The first-order valence-corrected chi connectivity index (χ1v) is 14.8. The molecule has 11 heteroatoms. The smallest absolute Gasteiger partial charge is 0.254 e. The number of aryl methyl sites for hydroxylation is 1. The molecule has 1 fully saturated rings. The highest BCUT2D eigenvalue weighted by molar-refractivity contribution is 5.91. The van der Waals surface area contributed by atoms with Crippen LogP contribution in [0.3, 0.4) is 0 Å². The molecule has 228 valence electrons. The van der Waals surface area contributed by atoms with Crippen LogP contribution < -0.4 is 10.1 Å². The van der Waals surface area contributed by atoms with E-state index in [1.54, 1.807) is 17.2 Å². The Morgan fingerprint density at radius 1 is 1.12 bits per heavy atom. The van der Waals surface area contributed by atoms with Gasteiger partial charge >= 0.3 is 0 Å². The molecule has 42 heavy (non-hydrogen) atoms. The van der Waals surface area contributed by atoms with Crippen LogP contribution in [0.2, 0.25) is 0 Å². The van der Waals surface area contributed by atoms with Crippen LogP contribution in [0.15, 0.2) is 47.2 Å². The second-order valence-corrected chi connectivity index (χ2v) is 10.8. The topological polar surface area (TPSA) is 121 Å². The zero-order chi connectivity index (χ0) is 30.2. The lowest BCUT2D eigenvalue weighted by Gasteiger charge is -2.29. The number of ether oxygens (including phenoxy) is 3. The van der Waals surface area contributed by atoms with E-state index in [2.05, 4.69) is 15.5 Å². The van der Waals surface area contributed by atoms with Crippen LogP contribution in [0.25, 0.3) is 5.69 Å². The minimum atomic E-state index is -0.602. The molecule has 1 aliphatic heterocycles. The number of nitrogens with one attached hydrogen (secondary N) is 1. The van der Waals surface area contributed by atoms with Gasteiger partial charge < -0.3 is 33.5 Å². The number of amides is 2. The van der Waals surface area contributed by atoms with Crippen molar-refractivity contribution in [2.45, 2.75) is 78.7 Å². The molecule has 11 nitrogen and oxygen atoms in total. The van der Waals surface area contributed by atoms with Gasteiger partial charge in [0.15, 0.2) is 12.1 Å². The lowest BCUT2D eigenvalue weighted by Crippen LogP contribution is -2.48. The zero-order valence-corrected chi connectivity index (χ0v) is 25.4. The Hall–Kier alpha value is -3.70. The van der Waals surface area contributed by atoms with Crippen molar-refractivity contribution in [1.82, 2.24) is 24.9 Å². The molecule has 3 aromatic rings. The fourth-order valence-electron chi connectivity index (χ4n) is 5.34. The summed E-state index contributed by atoms with van der Waals surface area (Å²) in [5.41, 5.74) is 1.98.